The number of unbranched alkanes of at least 4 members (excludes halogenated alkanes) is 1. The summed E-state index contributed by atoms with van der Waals surface area (Å²) in [6, 6.07) is 0. The highest BCUT2D eigenvalue weighted by molar-refractivity contribution is 5.01. The third kappa shape index (κ3) is 2.82. The van der Waals surface area contributed by atoms with Crippen LogP contribution in [0.2, 0.25) is 0 Å². The molecular formula is C10H21N. The average molecular weight is 155 g/mol. The molecule has 66 valence electrons. The van der Waals surface area contributed by atoms with Crippen molar-refractivity contribution >= 4 is 0 Å². The second-order valence-corrected chi connectivity index (χ2v) is 3.81. The Morgan fingerprint density at radius 2 is 1.91 bits per heavy atom. The van der Waals surface area contributed by atoms with Crippen molar-refractivity contribution in [3.05, 3.63) is 0 Å². The van der Waals surface area contributed by atoms with E-state index in [0.29, 0.717) is 5.54 Å². The van der Waals surface area contributed by atoms with Gasteiger partial charge in [-0.25, -0.2) is 0 Å². The van der Waals surface area contributed by atoms with Gasteiger partial charge in [-0.3, -0.25) is 0 Å². The summed E-state index contributed by atoms with van der Waals surface area (Å²) in [7, 11) is 0. The molecule has 0 spiro atoms. The van der Waals surface area contributed by atoms with Crippen molar-refractivity contribution < 1.29 is 0 Å². The number of hydrogen-bond donors (Lipinski definition) is 1. The molecule has 0 saturated heterocycles. The molecule has 0 aliphatic heterocycles. The normalized spacial score (nSPS) is 20.2. The zero-order chi connectivity index (χ0) is 8.16. The van der Waals surface area contributed by atoms with Crippen LogP contribution < -0.4 is 5.32 Å². The third-order valence-corrected chi connectivity index (χ3v) is 2.61. The number of hydrogen-bond acceptors (Lipinski definition) is 1. The van der Waals surface area contributed by atoms with Gasteiger partial charge in [-0.2, -0.15) is 0 Å². The molecule has 0 bridgehead atoms. The lowest BCUT2D eigenvalue weighted by Crippen LogP contribution is -2.31. The van der Waals surface area contributed by atoms with Crippen LogP contribution in [-0.4, -0.2) is 12.1 Å². The molecule has 1 N–H and O–H groups in total. The molecule has 0 aromatic carbocycles. The molecule has 0 aromatic rings. The fourth-order valence-electron chi connectivity index (χ4n) is 1.57. The fraction of sp³-hybridized carbons (Fsp3) is 1.00. The van der Waals surface area contributed by atoms with Gasteiger partial charge in [0.1, 0.15) is 0 Å². The van der Waals surface area contributed by atoms with Gasteiger partial charge >= 0.3 is 0 Å². The summed E-state index contributed by atoms with van der Waals surface area (Å²) in [4.78, 5) is 0. The zero-order valence-electron chi connectivity index (χ0n) is 7.95. The highest BCUT2D eigenvalue weighted by Gasteiger charge is 2.40. The molecule has 1 heteroatoms. The van der Waals surface area contributed by atoms with Crippen LogP contribution in [0, 0.1) is 0 Å². The Morgan fingerprint density at radius 3 is 2.36 bits per heavy atom. The van der Waals surface area contributed by atoms with Crippen LogP contribution in [0.4, 0.5) is 0 Å². The minimum atomic E-state index is 0.603. The third-order valence-electron chi connectivity index (χ3n) is 2.61. The minimum absolute atomic E-state index is 0.603. The van der Waals surface area contributed by atoms with E-state index in [9.17, 15) is 0 Å². The van der Waals surface area contributed by atoms with E-state index < -0.39 is 0 Å². The van der Waals surface area contributed by atoms with Gasteiger partial charge in [0, 0.05) is 5.54 Å². The number of nitrogens with one attached hydrogen (secondary N) is 1. The van der Waals surface area contributed by atoms with Gasteiger partial charge < -0.3 is 5.32 Å². The Morgan fingerprint density at radius 1 is 1.18 bits per heavy atom. The summed E-state index contributed by atoms with van der Waals surface area (Å²) < 4.78 is 0. The summed E-state index contributed by atoms with van der Waals surface area (Å²) in [5.74, 6) is 0. The largest absolute Gasteiger partial charge is 0.311 e. The van der Waals surface area contributed by atoms with Crippen LogP contribution in [-0.2, 0) is 0 Å². The fourth-order valence-corrected chi connectivity index (χ4v) is 1.57. The molecule has 1 nitrogen and oxygen atoms in total. The second-order valence-electron chi connectivity index (χ2n) is 3.81. The molecule has 0 amide bonds. The Balaban J connectivity index is 2.08. The van der Waals surface area contributed by atoms with Crippen molar-refractivity contribution in [3.8, 4) is 0 Å². The van der Waals surface area contributed by atoms with Gasteiger partial charge in [-0.05, 0) is 32.2 Å². The monoisotopic (exact) mass is 155 g/mol. The topological polar surface area (TPSA) is 12.0 Å². The van der Waals surface area contributed by atoms with E-state index in [1.807, 2.05) is 0 Å². The van der Waals surface area contributed by atoms with Crippen LogP contribution in [0.5, 0.6) is 0 Å². The van der Waals surface area contributed by atoms with Crippen LogP contribution in [0.1, 0.15) is 52.4 Å². The summed E-state index contributed by atoms with van der Waals surface area (Å²) >= 11 is 0. The van der Waals surface area contributed by atoms with Crippen molar-refractivity contribution in [2.75, 3.05) is 6.54 Å². The maximum Gasteiger partial charge on any atom is 0.0182 e. The first kappa shape index (κ1) is 9.05. The summed E-state index contributed by atoms with van der Waals surface area (Å²) in [6.07, 6.45) is 8.27. The van der Waals surface area contributed by atoms with E-state index in [4.69, 9.17) is 0 Å². The predicted molar refractivity (Wildman–Crippen MR) is 49.8 cm³/mol. The minimum Gasteiger partial charge on any atom is -0.311 e. The van der Waals surface area contributed by atoms with E-state index in [0.717, 1.165) is 0 Å². The molecular weight excluding hydrogens is 134 g/mol. The Bertz CT molecular complexity index is 95.4. The molecule has 0 radical (unpaired) electrons. The van der Waals surface area contributed by atoms with E-state index in [-0.39, 0.29) is 0 Å². The number of rotatable bonds is 6. The molecule has 1 aliphatic carbocycles. The van der Waals surface area contributed by atoms with Crippen LogP contribution >= 0.6 is 0 Å². The van der Waals surface area contributed by atoms with Crippen molar-refractivity contribution in [1.82, 2.24) is 5.32 Å². The Kier molecular flexibility index (Phi) is 3.38. The van der Waals surface area contributed by atoms with E-state index in [1.165, 1.54) is 45.1 Å². The van der Waals surface area contributed by atoms with Gasteiger partial charge in [0.15, 0.2) is 0 Å². The predicted octanol–water partition coefficient (Wildman–Crippen LogP) is 2.71. The first-order valence-corrected chi connectivity index (χ1v) is 5.08. The Labute approximate surface area is 70.6 Å². The molecule has 0 heterocycles. The first-order chi connectivity index (χ1) is 5.33. The molecule has 0 aromatic heterocycles. The van der Waals surface area contributed by atoms with Crippen LogP contribution in [0.25, 0.3) is 0 Å². The van der Waals surface area contributed by atoms with Gasteiger partial charge in [-0.1, -0.05) is 26.7 Å². The molecule has 11 heavy (non-hydrogen) atoms. The zero-order valence-corrected chi connectivity index (χ0v) is 7.95. The summed E-state index contributed by atoms with van der Waals surface area (Å²) in [5, 5.41) is 3.65. The van der Waals surface area contributed by atoms with Crippen molar-refractivity contribution in [1.29, 1.82) is 0 Å². The highest BCUT2D eigenvalue weighted by Crippen LogP contribution is 2.39. The molecule has 1 rings (SSSR count). The lowest BCUT2D eigenvalue weighted by Gasteiger charge is -2.15. The van der Waals surface area contributed by atoms with Gasteiger partial charge in [0.2, 0.25) is 0 Å². The molecule has 0 unspecified atom stereocenters. The molecule has 1 fully saturated rings. The molecule has 1 saturated carbocycles. The first-order valence-electron chi connectivity index (χ1n) is 5.08. The van der Waals surface area contributed by atoms with Gasteiger partial charge in [-0.15, -0.1) is 0 Å². The van der Waals surface area contributed by atoms with E-state index in [2.05, 4.69) is 19.2 Å². The van der Waals surface area contributed by atoms with Crippen molar-refractivity contribution in [2.45, 2.75) is 57.9 Å². The van der Waals surface area contributed by atoms with Crippen LogP contribution in [0.3, 0.4) is 0 Å². The van der Waals surface area contributed by atoms with E-state index in [1.54, 1.807) is 0 Å². The maximum atomic E-state index is 3.65. The molecule has 1 aliphatic rings. The lowest BCUT2D eigenvalue weighted by atomic mass is 10.1. The lowest BCUT2D eigenvalue weighted by molar-refractivity contribution is 0.449. The summed E-state index contributed by atoms with van der Waals surface area (Å²) in [6.45, 7) is 5.72. The second kappa shape index (κ2) is 4.10. The summed E-state index contributed by atoms with van der Waals surface area (Å²) in [5.41, 5.74) is 0.603. The van der Waals surface area contributed by atoms with Crippen molar-refractivity contribution in [2.24, 2.45) is 0 Å². The highest BCUT2D eigenvalue weighted by atomic mass is 15.0. The van der Waals surface area contributed by atoms with Gasteiger partial charge in [0.05, 0.1) is 0 Å². The van der Waals surface area contributed by atoms with Crippen LogP contribution in [0.15, 0.2) is 0 Å². The molecule has 0 atom stereocenters. The quantitative estimate of drug-likeness (QED) is 0.622. The average Bonchev–Trinajstić information content (AvgIpc) is 2.79. The standard InChI is InChI=1S/C10H21N/c1-3-5-6-10(7-8-10)11-9-4-2/h11H,3-9H2,1-2H3. The van der Waals surface area contributed by atoms with E-state index >= 15 is 0 Å². The maximum absolute atomic E-state index is 3.65. The van der Waals surface area contributed by atoms with Gasteiger partial charge in [0.25, 0.3) is 0 Å². The SMILES string of the molecule is CCCCC1(NCCC)CC1. The smallest absolute Gasteiger partial charge is 0.0182 e. The van der Waals surface area contributed by atoms with Crippen molar-refractivity contribution in [3.63, 3.8) is 0 Å². The Hall–Kier alpha value is -0.0400.